The van der Waals surface area contributed by atoms with Crippen LogP contribution in [-0.4, -0.2) is 41.4 Å². The van der Waals surface area contributed by atoms with E-state index in [1.807, 2.05) is 0 Å². The first-order valence-electron chi connectivity index (χ1n) is 3.84. The first-order chi connectivity index (χ1) is 5.28. The van der Waals surface area contributed by atoms with E-state index in [1.54, 1.807) is 4.90 Å². The van der Waals surface area contributed by atoms with E-state index in [9.17, 15) is 4.79 Å². The van der Waals surface area contributed by atoms with Crippen LogP contribution in [0.2, 0.25) is 0 Å². The number of amides is 1. The van der Waals surface area contributed by atoms with Gasteiger partial charge in [-0.2, -0.15) is 0 Å². The van der Waals surface area contributed by atoms with Crippen molar-refractivity contribution in [3.8, 4) is 0 Å². The lowest BCUT2D eigenvalue weighted by atomic mass is 10.00. The molecule has 2 rings (SSSR count). The predicted molar refractivity (Wildman–Crippen MR) is 37.1 cm³/mol. The Bertz CT molecular complexity index is 194. The number of cyclic esters (lactones) is 1. The van der Waals surface area contributed by atoms with Crippen molar-refractivity contribution in [1.82, 2.24) is 4.90 Å². The molecule has 2 fully saturated rings. The van der Waals surface area contributed by atoms with Gasteiger partial charge < -0.3 is 9.84 Å². The molecule has 2 saturated heterocycles. The molecule has 1 atom stereocenters. The van der Waals surface area contributed by atoms with E-state index in [2.05, 4.69) is 0 Å². The van der Waals surface area contributed by atoms with Crippen LogP contribution in [0.25, 0.3) is 0 Å². The zero-order valence-electron chi connectivity index (χ0n) is 6.25. The minimum absolute atomic E-state index is 0.0265. The molecule has 11 heavy (non-hydrogen) atoms. The van der Waals surface area contributed by atoms with E-state index in [1.165, 1.54) is 0 Å². The molecule has 0 aliphatic carbocycles. The summed E-state index contributed by atoms with van der Waals surface area (Å²) in [6, 6.07) is 0. The molecule has 1 amide bonds. The number of nitrogens with zero attached hydrogens (tertiary/aromatic N) is 1. The van der Waals surface area contributed by atoms with Gasteiger partial charge in [-0.1, -0.05) is 0 Å². The van der Waals surface area contributed by atoms with Gasteiger partial charge in [-0.15, -0.1) is 0 Å². The smallest absolute Gasteiger partial charge is 0.410 e. The molecule has 4 heteroatoms. The van der Waals surface area contributed by atoms with Crippen molar-refractivity contribution < 1.29 is 14.6 Å². The van der Waals surface area contributed by atoms with Crippen LogP contribution in [0.4, 0.5) is 4.79 Å². The number of aliphatic hydroxyl groups excluding tert-OH is 1. The van der Waals surface area contributed by atoms with Gasteiger partial charge in [-0.05, 0) is 12.8 Å². The number of ether oxygens (including phenoxy) is 1. The van der Waals surface area contributed by atoms with Gasteiger partial charge in [-0.3, -0.25) is 4.90 Å². The van der Waals surface area contributed by atoms with E-state index < -0.39 is 0 Å². The topological polar surface area (TPSA) is 49.8 Å². The average Bonchev–Trinajstić information content (AvgIpc) is 2.53. The van der Waals surface area contributed by atoms with Crippen molar-refractivity contribution in [2.24, 2.45) is 0 Å². The number of aliphatic hydroxyl groups is 1. The van der Waals surface area contributed by atoms with E-state index >= 15 is 0 Å². The van der Waals surface area contributed by atoms with Gasteiger partial charge in [0, 0.05) is 6.54 Å². The van der Waals surface area contributed by atoms with Gasteiger partial charge in [0.15, 0.2) is 0 Å². The van der Waals surface area contributed by atoms with Crippen LogP contribution in [0.5, 0.6) is 0 Å². The van der Waals surface area contributed by atoms with Crippen molar-refractivity contribution in [3.63, 3.8) is 0 Å². The third-order valence-corrected chi connectivity index (χ3v) is 2.58. The van der Waals surface area contributed by atoms with Gasteiger partial charge in [0.1, 0.15) is 12.1 Å². The maximum Gasteiger partial charge on any atom is 0.410 e. The Morgan fingerprint density at radius 3 is 3.18 bits per heavy atom. The second-order valence-corrected chi connectivity index (χ2v) is 3.19. The first kappa shape index (κ1) is 6.91. The van der Waals surface area contributed by atoms with Crippen LogP contribution in [0, 0.1) is 0 Å². The van der Waals surface area contributed by atoms with Gasteiger partial charge in [-0.25, -0.2) is 4.79 Å². The molecular weight excluding hydrogens is 146 g/mol. The number of carbonyl (C=O) groups is 1. The first-order valence-corrected chi connectivity index (χ1v) is 3.84. The minimum atomic E-state index is -0.364. The van der Waals surface area contributed by atoms with Crippen molar-refractivity contribution in [3.05, 3.63) is 0 Å². The maximum atomic E-state index is 11.0. The number of hydrogen-bond donors (Lipinski definition) is 1. The second-order valence-electron chi connectivity index (χ2n) is 3.19. The summed E-state index contributed by atoms with van der Waals surface area (Å²) in [4.78, 5) is 12.7. The highest BCUT2D eigenvalue weighted by atomic mass is 16.6. The summed E-state index contributed by atoms with van der Waals surface area (Å²) in [5.41, 5.74) is -0.364. The fraction of sp³-hybridized carbons (Fsp3) is 0.857. The van der Waals surface area contributed by atoms with Gasteiger partial charge in [0.2, 0.25) is 0 Å². The molecule has 0 aromatic rings. The Morgan fingerprint density at radius 1 is 1.73 bits per heavy atom. The van der Waals surface area contributed by atoms with Gasteiger partial charge in [0.25, 0.3) is 0 Å². The fourth-order valence-corrected chi connectivity index (χ4v) is 1.86. The Morgan fingerprint density at radius 2 is 2.55 bits per heavy atom. The summed E-state index contributed by atoms with van der Waals surface area (Å²) in [7, 11) is 0. The van der Waals surface area contributed by atoms with Crippen LogP contribution in [0.3, 0.4) is 0 Å². The molecule has 2 heterocycles. The molecule has 2 aliphatic rings. The lowest BCUT2D eigenvalue weighted by Gasteiger charge is -2.25. The second kappa shape index (κ2) is 2.11. The number of rotatable bonds is 1. The lowest BCUT2D eigenvalue weighted by Crippen LogP contribution is -2.45. The minimum Gasteiger partial charge on any atom is -0.447 e. The third kappa shape index (κ3) is 0.758. The lowest BCUT2D eigenvalue weighted by molar-refractivity contribution is 0.114. The normalized spacial score (nSPS) is 35.7. The van der Waals surface area contributed by atoms with Crippen LogP contribution < -0.4 is 0 Å². The fourth-order valence-electron chi connectivity index (χ4n) is 1.86. The van der Waals surface area contributed by atoms with E-state index in [0.717, 1.165) is 19.4 Å². The van der Waals surface area contributed by atoms with Crippen LogP contribution in [0.1, 0.15) is 12.8 Å². The Balaban J connectivity index is 2.25. The van der Waals surface area contributed by atoms with Crippen molar-refractivity contribution >= 4 is 6.09 Å². The molecule has 62 valence electrons. The molecule has 4 nitrogen and oxygen atoms in total. The van der Waals surface area contributed by atoms with Crippen molar-refractivity contribution in [1.29, 1.82) is 0 Å². The summed E-state index contributed by atoms with van der Waals surface area (Å²) >= 11 is 0. The number of fused-ring (bicyclic) bond motifs is 1. The van der Waals surface area contributed by atoms with Crippen LogP contribution in [-0.2, 0) is 4.74 Å². The number of carbonyl (C=O) groups excluding carboxylic acids is 1. The highest BCUT2D eigenvalue weighted by molar-refractivity contribution is 5.71. The molecule has 0 bridgehead atoms. The zero-order valence-corrected chi connectivity index (χ0v) is 6.25. The van der Waals surface area contributed by atoms with Crippen LogP contribution >= 0.6 is 0 Å². The Labute approximate surface area is 64.7 Å². The van der Waals surface area contributed by atoms with Crippen molar-refractivity contribution in [2.75, 3.05) is 19.8 Å². The summed E-state index contributed by atoms with van der Waals surface area (Å²) < 4.78 is 4.84. The molecule has 0 aromatic heterocycles. The molecule has 0 aromatic carbocycles. The SMILES string of the molecule is O=C1OCC2(CO)CCCN12. The summed E-state index contributed by atoms with van der Waals surface area (Å²) in [6.45, 7) is 1.13. The van der Waals surface area contributed by atoms with Crippen molar-refractivity contribution in [2.45, 2.75) is 18.4 Å². The third-order valence-electron chi connectivity index (χ3n) is 2.58. The molecule has 0 saturated carbocycles. The van der Waals surface area contributed by atoms with Gasteiger partial charge >= 0.3 is 6.09 Å². The zero-order chi connectivity index (χ0) is 7.90. The predicted octanol–water partition coefficient (Wildman–Crippen LogP) is -0.0365. The van der Waals surface area contributed by atoms with E-state index in [-0.39, 0.29) is 18.2 Å². The molecule has 1 unspecified atom stereocenters. The quantitative estimate of drug-likeness (QED) is 0.581. The largest absolute Gasteiger partial charge is 0.447 e. The maximum absolute atomic E-state index is 11.0. The summed E-state index contributed by atoms with van der Waals surface area (Å²) in [5.74, 6) is 0. The number of hydrogen-bond acceptors (Lipinski definition) is 3. The molecule has 1 N–H and O–H groups in total. The standard InChI is InChI=1S/C7H11NO3/c9-4-7-2-1-3-8(7)6(10)11-5-7/h9H,1-5H2. The summed E-state index contributed by atoms with van der Waals surface area (Å²) in [5, 5.41) is 9.07. The van der Waals surface area contributed by atoms with E-state index in [0.29, 0.717) is 6.61 Å². The Kier molecular flexibility index (Phi) is 1.32. The average molecular weight is 157 g/mol. The highest BCUT2D eigenvalue weighted by Crippen LogP contribution is 2.34. The monoisotopic (exact) mass is 157 g/mol. The Hall–Kier alpha value is -0.770. The van der Waals surface area contributed by atoms with Gasteiger partial charge in [0.05, 0.1) is 6.61 Å². The van der Waals surface area contributed by atoms with E-state index in [4.69, 9.17) is 9.84 Å². The highest BCUT2D eigenvalue weighted by Gasteiger charge is 2.49. The molecule has 0 spiro atoms. The summed E-state index contributed by atoms with van der Waals surface area (Å²) in [6.07, 6.45) is 1.59. The molecular formula is C7H11NO3. The molecule has 2 aliphatic heterocycles. The molecule has 0 radical (unpaired) electrons. The van der Waals surface area contributed by atoms with Crippen LogP contribution in [0.15, 0.2) is 0 Å².